The van der Waals surface area contributed by atoms with Crippen LogP contribution in [0.5, 0.6) is 0 Å². The number of benzene rings is 1. The second kappa shape index (κ2) is 9.93. The number of amides is 1. The summed E-state index contributed by atoms with van der Waals surface area (Å²) < 4.78 is 26.7. The lowest BCUT2D eigenvalue weighted by molar-refractivity contribution is -0.118. The average molecular weight is 452 g/mol. The third-order valence-electron chi connectivity index (χ3n) is 5.27. The van der Waals surface area contributed by atoms with Crippen molar-refractivity contribution in [3.05, 3.63) is 29.8 Å². The lowest BCUT2D eigenvalue weighted by Crippen LogP contribution is -2.41. The Balaban J connectivity index is 1.50. The molecule has 2 heterocycles. The maximum Gasteiger partial charge on any atom is 0.230 e. The lowest BCUT2D eigenvalue weighted by atomic mass is 9.98. The summed E-state index contributed by atoms with van der Waals surface area (Å²) in [7, 11) is -3.12. The highest BCUT2D eigenvalue weighted by Gasteiger charge is 2.25. The summed E-state index contributed by atoms with van der Waals surface area (Å²) in [6.07, 6.45) is 2.78. The minimum atomic E-state index is -3.12. The fourth-order valence-electron chi connectivity index (χ4n) is 3.56. The van der Waals surface area contributed by atoms with Gasteiger partial charge in [-0.2, -0.15) is 0 Å². The van der Waals surface area contributed by atoms with E-state index in [1.807, 2.05) is 36.6 Å². The Morgan fingerprint density at radius 2 is 2.00 bits per heavy atom. The predicted molar refractivity (Wildman–Crippen MR) is 119 cm³/mol. The SMILES string of the molecule is CCn1c(SCC(=O)NCC2CCN(S(C)(=O)=O)CC2)nnc1-c1cccc(C)c1. The smallest absolute Gasteiger partial charge is 0.230 e. The van der Waals surface area contributed by atoms with Crippen LogP contribution >= 0.6 is 11.8 Å². The van der Waals surface area contributed by atoms with Crippen molar-refractivity contribution in [3.8, 4) is 11.4 Å². The first-order chi connectivity index (χ1) is 14.3. The summed E-state index contributed by atoms with van der Waals surface area (Å²) in [5.74, 6) is 1.34. The van der Waals surface area contributed by atoms with E-state index < -0.39 is 10.0 Å². The maximum atomic E-state index is 12.3. The maximum absolute atomic E-state index is 12.3. The molecule has 1 N–H and O–H groups in total. The lowest BCUT2D eigenvalue weighted by Gasteiger charge is -2.30. The number of thioether (sulfide) groups is 1. The minimum Gasteiger partial charge on any atom is -0.355 e. The molecule has 164 valence electrons. The van der Waals surface area contributed by atoms with Gasteiger partial charge in [0.1, 0.15) is 0 Å². The highest BCUT2D eigenvalue weighted by molar-refractivity contribution is 7.99. The molecule has 1 amide bonds. The van der Waals surface area contributed by atoms with Crippen molar-refractivity contribution in [2.75, 3.05) is 31.6 Å². The molecule has 0 saturated carbocycles. The largest absolute Gasteiger partial charge is 0.355 e. The number of aryl methyl sites for hydroxylation is 1. The van der Waals surface area contributed by atoms with Gasteiger partial charge >= 0.3 is 0 Å². The van der Waals surface area contributed by atoms with Crippen molar-refractivity contribution in [1.82, 2.24) is 24.4 Å². The molecule has 1 aromatic carbocycles. The number of carbonyl (C=O) groups excluding carboxylic acids is 1. The van der Waals surface area contributed by atoms with E-state index in [1.165, 1.54) is 22.3 Å². The average Bonchev–Trinajstić information content (AvgIpc) is 3.13. The zero-order valence-electron chi connectivity index (χ0n) is 17.7. The van der Waals surface area contributed by atoms with E-state index in [1.54, 1.807) is 0 Å². The number of piperidine rings is 1. The van der Waals surface area contributed by atoms with Gasteiger partial charge in [0.15, 0.2) is 11.0 Å². The zero-order chi connectivity index (χ0) is 21.7. The zero-order valence-corrected chi connectivity index (χ0v) is 19.3. The van der Waals surface area contributed by atoms with Crippen LogP contribution in [0.1, 0.15) is 25.3 Å². The van der Waals surface area contributed by atoms with Crippen LogP contribution in [0.25, 0.3) is 11.4 Å². The topological polar surface area (TPSA) is 97.2 Å². The summed E-state index contributed by atoms with van der Waals surface area (Å²) in [5.41, 5.74) is 2.18. The molecule has 0 spiro atoms. The van der Waals surface area contributed by atoms with Crippen LogP contribution in [-0.4, -0.2) is 65.0 Å². The van der Waals surface area contributed by atoms with E-state index in [0.717, 1.165) is 41.5 Å². The molecule has 1 aromatic heterocycles. The standard InChI is InChI=1S/C20H29N5O3S2/c1-4-25-19(17-7-5-6-15(2)12-17)22-23-20(25)29-14-18(26)21-13-16-8-10-24(11-9-16)30(3,27)28/h5-7,12,16H,4,8-11,13-14H2,1-3H3,(H,21,26). The second-order valence-electron chi connectivity index (χ2n) is 7.62. The van der Waals surface area contributed by atoms with Crippen LogP contribution < -0.4 is 5.32 Å². The molecular weight excluding hydrogens is 422 g/mol. The normalized spacial score (nSPS) is 16.0. The summed E-state index contributed by atoms with van der Waals surface area (Å²) in [6.45, 7) is 6.42. The molecule has 0 unspecified atom stereocenters. The Bertz CT molecular complexity index is 982. The molecule has 0 aliphatic carbocycles. The number of rotatable bonds is 8. The Labute approximate surface area is 182 Å². The molecule has 3 rings (SSSR count). The van der Waals surface area contributed by atoms with Crippen molar-refractivity contribution in [1.29, 1.82) is 0 Å². The Morgan fingerprint density at radius 1 is 1.27 bits per heavy atom. The molecule has 8 nitrogen and oxygen atoms in total. The molecule has 2 aromatic rings. The van der Waals surface area contributed by atoms with E-state index in [4.69, 9.17) is 0 Å². The van der Waals surface area contributed by atoms with E-state index >= 15 is 0 Å². The van der Waals surface area contributed by atoms with Gasteiger partial charge in [0.05, 0.1) is 12.0 Å². The molecule has 1 fully saturated rings. The molecule has 1 saturated heterocycles. The van der Waals surface area contributed by atoms with Crippen molar-refractivity contribution in [3.63, 3.8) is 0 Å². The third kappa shape index (κ3) is 5.83. The first kappa shape index (κ1) is 22.8. The molecule has 30 heavy (non-hydrogen) atoms. The molecule has 10 heteroatoms. The van der Waals surface area contributed by atoms with Gasteiger partial charge in [0.2, 0.25) is 15.9 Å². The number of nitrogens with zero attached hydrogens (tertiary/aromatic N) is 4. The summed E-state index contributed by atoms with van der Waals surface area (Å²) in [4.78, 5) is 12.3. The minimum absolute atomic E-state index is 0.0479. The van der Waals surface area contributed by atoms with Gasteiger partial charge in [-0.1, -0.05) is 35.5 Å². The summed E-state index contributed by atoms with van der Waals surface area (Å²) in [6, 6.07) is 8.13. The van der Waals surface area contributed by atoms with E-state index in [0.29, 0.717) is 25.6 Å². The molecule has 0 bridgehead atoms. The molecule has 1 aliphatic rings. The monoisotopic (exact) mass is 451 g/mol. The van der Waals surface area contributed by atoms with Gasteiger partial charge in [-0.25, -0.2) is 12.7 Å². The van der Waals surface area contributed by atoms with Gasteiger partial charge in [-0.3, -0.25) is 4.79 Å². The van der Waals surface area contributed by atoms with Crippen molar-refractivity contribution >= 4 is 27.7 Å². The van der Waals surface area contributed by atoms with Gasteiger partial charge in [0.25, 0.3) is 0 Å². The summed E-state index contributed by atoms with van der Waals surface area (Å²) >= 11 is 1.38. The molecule has 0 radical (unpaired) electrons. The molecule has 0 atom stereocenters. The van der Waals surface area contributed by atoms with Gasteiger partial charge < -0.3 is 9.88 Å². The first-order valence-corrected chi connectivity index (χ1v) is 13.0. The second-order valence-corrected chi connectivity index (χ2v) is 10.5. The highest BCUT2D eigenvalue weighted by atomic mass is 32.2. The van der Waals surface area contributed by atoms with Crippen LogP contribution in [0.2, 0.25) is 0 Å². The number of sulfonamides is 1. The van der Waals surface area contributed by atoms with Crippen molar-refractivity contribution < 1.29 is 13.2 Å². The number of aromatic nitrogens is 3. The van der Waals surface area contributed by atoms with Gasteiger partial charge in [-0.05, 0) is 38.7 Å². The van der Waals surface area contributed by atoms with Crippen LogP contribution in [0.3, 0.4) is 0 Å². The number of nitrogens with one attached hydrogen (secondary N) is 1. The molecular formula is C20H29N5O3S2. The Hall–Kier alpha value is -1.91. The quantitative estimate of drug-likeness (QED) is 0.618. The fraction of sp³-hybridized carbons (Fsp3) is 0.550. The van der Waals surface area contributed by atoms with Crippen LogP contribution in [0, 0.1) is 12.8 Å². The summed E-state index contributed by atoms with van der Waals surface area (Å²) in [5, 5.41) is 12.3. The fourth-order valence-corrected chi connectivity index (χ4v) is 5.27. The Morgan fingerprint density at radius 3 is 2.63 bits per heavy atom. The van der Waals surface area contributed by atoms with Crippen LogP contribution in [-0.2, 0) is 21.4 Å². The third-order valence-corrected chi connectivity index (χ3v) is 7.54. The van der Waals surface area contributed by atoms with Gasteiger partial charge in [-0.15, -0.1) is 10.2 Å². The number of hydrogen-bond donors (Lipinski definition) is 1. The van der Waals surface area contributed by atoms with E-state index in [-0.39, 0.29) is 11.7 Å². The first-order valence-electron chi connectivity index (χ1n) is 10.1. The highest BCUT2D eigenvalue weighted by Crippen LogP contribution is 2.24. The van der Waals surface area contributed by atoms with Crippen molar-refractivity contribution in [2.45, 2.75) is 38.4 Å². The van der Waals surface area contributed by atoms with Gasteiger partial charge in [0, 0.05) is 31.7 Å². The van der Waals surface area contributed by atoms with Crippen LogP contribution in [0.4, 0.5) is 0 Å². The molecule has 1 aliphatic heterocycles. The Kier molecular flexibility index (Phi) is 7.54. The van der Waals surface area contributed by atoms with E-state index in [2.05, 4.69) is 21.6 Å². The predicted octanol–water partition coefficient (Wildman–Crippen LogP) is 2.15. The number of carbonyl (C=O) groups is 1. The van der Waals surface area contributed by atoms with E-state index in [9.17, 15) is 13.2 Å². The van der Waals surface area contributed by atoms with Crippen LogP contribution in [0.15, 0.2) is 29.4 Å². The number of hydrogen-bond acceptors (Lipinski definition) is 6. The van der Waals surface area contributed by atoms with Crippen molar-refractivity contribution in [2.24, 2.45) is 5.92 Å².